The molecule has 1 aromatic carbocycles. The molecular weight excluding hydrogens is 316 g/mol. The SMILES string of the molecule is CN(C1CCOC1)C(CN)c1ccc(Cl)cc1Br. The monoisotopic (exact) mass is 332 g/mol. The highest BCUT2D eigenvalue weighted by Gasteiger charge is 2.27. The molecule has 0 amide bonds. The fraction of sp³-hybridized carbons (Fsp3) is 0.538. The molecule has 3 nitrogen and oxygen atoms in total. The molecule has 0 spiro atoms. The predicted octanol–water partition coefficient (Wildman–Crippen LogP) is 2.82. The minimum atomic E-state index is 0.184. The van der Waals surface area contributed by atoms with Crippen LogP contribution in [0.3, 0.4) is 0 Å². The van der Waals surface area contributed by atoms with Crippen molar-refractivity contribution < 1.29 is 4.74 Å². The fourth-order valence-electron chi connectivity index (χ4n) is 2.38. The molecule has 2 rings (SSSR count). The molecule has 0 radical (unpaired) electrons. The molecule has 1 heterocycles. The van der Waals surface area contributed by atoms with E-state index in [9.17, 15) is 0 Å². The third-order valence-electron chi connectivity index (χ3n) is 3.52. The molecule has 0 saturated carbocycles. The van der Waals surface area contributed by atoms with Crippen LogP contribution in [0.25, 0.3) is 0 Å². The van der Waals surface area contributed by atoms with E-state index in [0.29, 0.717) is 12.6 Å². The van der Waals surface area contributed by atoms with Gasteiger partial charge in [0.15, 0.2) is 0 Å². The number of halogens is 2. The van der Waals surface area contributed by atoms with Gasteiger partial charge in [-0.05, 0) is 31.2 Å². The van der Waals surface area contributed by atoms with Gasteiger partial charge in [0.1, 0.15) is 0 Å². The lowest BCUT2D eigenvalue weighted by molar-refractivity contribution is 0.134. The Hall–Kier alpha value is -0.130. The normalized spacial score (nSPS) is 21.5. The van der Waals surface area contributed by atoms with Gasteiger partial charge in [-0.15, -0.1) is 0 Å². The Labute approximate surface area is 121 Å². The number of likely N-dealkylation sites (N-methyl/N-ethyl adjacent to an activating group) is 1. The number of nitrogens with two attached hydrogens (primary N) is 1. The Morgan fingerprint density at radius 3 is 2.94 bits per heavy atom. The number of rotatable bonds is 4. The summed E-state index contributed by atoms with van der Waals surface area (Å²) < 4.78 is 6.45. The van der Waals surface area contributed by atoms with Crippen molar-refractivity contribution in [3.8, 4) is 0 Å². The summed E-state index contributed by atoms with van der Waals surface area (Å²) in [6.45, 7) is 2.21. The van der Waals surface area contributed by atoms with Crippen LogP contribution in [-0.2, 0) is 4.74 Å². The average molecular weight is 334 g/mol. The summed E-state index contributed by atoms with van der Waals surface area (Å²) in [7, 11) is 2.11. The van der Waals surface area contributed by atoms with Crippen LogP contribution in [0.2, 0.25) is 5.02 Å². The van der Waals surface area contributed by atoms with Crippen LogP contribution in [0.1, 0.15) is 18.0 Å². The summed E-state index contributed by atoms with van der Waals surface area (Å²) >= 11 is 9.54. The molecule has 2 N–H and O–H groups in total. The van der Waals surface area contributed by atoms with Gasteiger partial charge in [-0.1, -0.05) is 33.6 Å². The lowest BCUT2D eigenvalue weighted by Crippen LogP contribution is -2.39. The fourth-order valence-corrected chi connectivity index (χ4v) is 3.33. The highest BCUT2D eigenvalue weighted by atomic mass is 79.9. The van der Waals surface area contributed by atoms with Crippen LogP contribution in [0.5, 0.6) is 0 Å². The van der Waals surface area contributed by atoms with Gasteiger partial charge in [0, 0.05) is 34.7 Å². The average Bonchev–Trinajstić information content (AvgIpc) is 2.86. The van der Waals surface area contributed by atoms with Crippen molar-refractivity contribution in [2.75, 3.05) is 26.8 Å². The Morgan fingerprint density at radius 1 is 1.61 bits per heavy atom. The van der Waals surface area contributed by atoms with E-state index >= 15 is 0 Å². The van der Waals surface area contributed by atoms with Gasteiger partial charge < -0.3 is 10.5 Å². The summed E-state index contributed by atoms with van der Waals surface area (Å²) in [6.07, 6.45) is 1.07. The summed E-state index contributed by atoms with van der Waals surface area (Å²) in [5.74, 6) is 0. The molecule has 1 aliphatic heterocycles. The van der Waals surface area contributed by atoms with E-state index in [1.807, 2.05) is 18.2 Å². The number of nitrogens with zero attached hydrogens (tertiary/aromatic N) is 1. The molecule has 5 heteroatoms. The third-order valence-corrected chi connectivity index (χ3v) is 4.44. The molecule has 2 atom stereocenters. The first kappa shape index (κ1) is 14.3. The van der Waals surface area contributed by atoms with Crippen molar-refractivity contribution in [2.24, 2.45) is 5.73 Å². The third kappa shape index (κ3) is 3.06. The molecule has 0 aromatic heterocycles. The Balaban J connectivity index is 2.21. The van der Waals surface area contributed by atoms with Crippen molar-refractivity contribution >= 4 is 27.5 Å². The molecule has 1 saturated heterocycles. The zero-order valence-electron chi connectivity index (χ0n) is 10.4. The van der Waals surface area contributed by atoms with Crippen molar-refractivity contribution in [3.05, 3.63) is 33.3 Å². The molecule has 2 unspecified atom stereocenters. The van der Waals surface area contributed by atoms with Gasteiger partial charge in [0.05, 0.1) is 6.61 Å². The first-order chi connectivity index (χ1) is 8.63. The number of ether oxygens (including phenoxy) is 1. The minimum absolute atomic E-state index is 0.184. The second-order valence-electron chi connectivity index (χ2n) is 4.60. The van der Waals surface area contributed by atoms with Gasteiger partial charge in [-0.25, -0.2) is 0 Å². The molecule has 1 aliphatic rings. The van der Waals surface area contributed by atoms with E-state index in [2.05, 4.69) is 27.9 Å². The van der Waals surface area contributed by atoms with E-state index in [-0.39, 0.29) is 6.04 Å². The van der Waals surface area contributed by atoms with Crippen LogP contribution in [0.15, 0.2) is 22.7 Å². The largest absolute Gasteiger partial charge is 0.380 e. The Morgan fingerprint density at radius 2 is 2.39 bits per heavy atom. The van der Waals surface area contributed by atoms with E-state index in [1.165, 1.54) is 5.56 Å². The van der Waals surface area contributed by atoms with Gasteiger partial charge in [-0.2, -0.15) is 0 Å². The molecule has 1 aromatic rings. The minimum Gasteiger partial charge on any atom is -0.380 e. The first-order valence-electron chi connectivity index (χ1n) is 6.08. The van der Waals surface area contributed by atoms with Gasteiger partial charge in [-0.3, -0.25) is 4.90 Å². The van der Waals surface area contributed by atoms with E-state index in [0.717, 1.165) is 29.1 Å². The Bertz CT molecular complexity index is 410. The molecular formula is C13H18BrClN2O. The zero-order valence-corrected chi connectivity index (χ0v) is 12.7. The van der Waals surface area contributed by atoms with Crippen LogP contribution < -0.4 is 5.73 Å². The van der Waals surface area contributed by atoms with Crippen LogP contribution in [0, 0.1) is 0 Å². The summed E-state index contributed by atoms with van der Waals surface area (Å²) in [5.41, 5.74) is 7.12. The van der Waals surface area contributed by atoms with Crippen molar-refractivity contribution in [3.63, 3.8) is 0 Å². The topological polar surface area (TPSA) is 38.5 Å². The highest BCUT2D eigenvalue weighted by molar-refractivity contribution is 9.10. The van der Waals surface area contributed by atoms with Crippen molar-refractivity contribution in [2.45, 2.75) is 18.5 Å². The lowest BCUT2D eigenvalue weighted by Gasteiger charge is -2.32. The van der Waals surface area contributed by atoms with Crippen LogP contribution in [-0.4, -0.2) is 37.7 Å². The maximum atomic E-state index is 5.98. The number of hydrogen-bond donors (Lipinski definition) is 1. The van der Waals surface area contributed by atoms with E-state index < -0.39 is 0 Å². The van der Waals surface area contributed by atoms with Crippen LogP contribution in [0.4, 0.5) is 0 Å². The quantitative estimate of drug-likeness (QED) is 0.921. The van der Waals surface area contributed by atoms with Crippen molar-refractivity contribution in [1.82, 2.24) is 4.90 Å². The summed E-state index contributed by atoms with van der Waals surface area (Å²) in [4.78, 5) is 2.31. The zero-order chi connectivity index (χ0) is 13.1. The standard InChI is InChI=1S/C13H18BrClN2O/c1-17(10-4-5-18-8-10)13(7-16)11-3-2-9(15)6-12(11)14/h2-3,6,10,13H,4-5,7-8,16H2,1H3. The van der Waals surface area contributed by atoms with Gasteiger partial charge >= 0.3 is 0 Å². The van der Waals surface area contributed by atoms with E-state index in [1.54, 1.807) is 0 Å². The van der Waals surface area contributed by atoms with Crippen LogP contribution >= 0.6 is 27.5 Å². The highest BCUT2D eigenvalue weighted by Crippen LogP contribution is 2.31. The van der Waals surface area contributed by atoms with E-state index in [4.69, 9.17) is 22.1 Å². The maximum absolute atomic E-state index is 5.98. The first-order valence-corrected chi connectivity index (χ1v) is 7.25. The smallest absolute Gasteiger partial charge is 0.0622 e. The summed E-state index contributed by atoms with van der Waals surface area (Å²) in [6, 6.07) is 6.49. The number of hydrogen-bond acceptors (Lipinski definition) is 3. The Kier molecular flexibility index (Phi) is 5.04. The van der Waals surface area contributed by atoms with Crippen molar-refractivity contribution in [1.29, 1.82) is 0 Å². The molecule has 1 fully saturated rings. The van der Waals surface area contributed by atoms with Gasteiger partial charge in [0.25, 0.3) is 0 Å². The van der Waals surface area contributed by atoms with Gasteiger partial charge in [0.2, 0.25) is 0 Å². The molecule has 0 aliphatic carbocycles. The molecule has 18 heavy (non-hydrogen) atoms. The second-order valence-corrected chi connectivity index (χ2v) is 5.89. The molecule has 100 valence electrons. The second kappa shape index (κ2) is 6.35. The maximum Gasteiger partial charge on any atom is 0.0622 e. The molecule has 0 bridgehead atoms. The summed E-state index contributed by atoms with van der Waals surface area (Å²) in [5, 5.41) is 0.730. The predicted molar refractivity (Wildman–Crippen MR) is 77.9 cm³/mol. The number of benzene rings is 1. The lowest BCUT2D eigenvalue weighted by atomic mass is 10.0.